The third kappa shape index (κ3) is 2.86. The average molecular weight is 304 g/mol. The molecule has 2 aromatic rings. The fourth-order valence-electron chi connectivity index (χ4n) is 3.50. The van der Waals surface area contributed by atoms with Gasteiger partial charge in [-0.25, -0.2) is 0 Å². The Morgan fingerprint density at radius 1 is 1.24 bits per heavy atom. The first-order valence-corrected chi connectivity index (χ1v) is 8.63. The quantitative estimate of drug-likeness (QED) is 0.818. The molecule has 0 saturated heterocycles. The van der Waals surface area contributed by atoms with Gasteiger partial charge < -0.3 is 10.3 Å². The number of hydrogen-bond acceptors (Lipinski definition) is 4. The number of rotatable bonds is 2. The van der Waals surface area contributed by atoms with Crippen molar-refractivity contribution >= 4 is 17.2 Å². The molecule has 1 fully saturated rings. The van der Waals surface area contributed by atoms with Gasteiger partial charge in [0.15, 0.2) is 0 Å². The Morgan fingerprint density at radius 2 is 1.95 bits per heavy atom. The lowest BCUT2D eigenvalue weighted by Gasteiger charge is -2.36. The van der Waals surface area contributed by atoms with Crippen LogP contribution in [0.15, 0.2) is 22.0 Å². The van der Waals surface area contributed by atoms with Crippen LogP contribution in [-0.4, -0.2) is 5.16 Å². The lowest BCUT2D eigenvalue weighted by atomic mass is 9.69. The van der Waals surface area contributed by atoms with Crippen molar-refractivity contribution in [2.45, 2.75) is 52.4 Å². The highest BCUT2D eigenvalue weighted by atomic mass is 32.1. The van der Waals surface area contributed by atoms with Gasteiger partial charge in [-0.05, 0) is 48.5 Å². The summed E-state index contributed by atoms with van der Waals surface area (Å²) >= 11 is 1.70. The van der Waals surface area contributed by atoms with E-state index in [1.807, 2.05) is 6.07 Å². The maximum absolute atomic E-state index is 6.01. The number of thiophene rings is 1. The summed E-state index contributed by atoms with van der Waals surface area (Å²) in [6.45, 7) is 7.05. The van der Waals surface area contributed by atoms with Gasteiger partial charge in [-0.1, -0.05) is 32.0 Å². The Balaban J connectivity index is 1.81. The summed E-state index contributed by atoms with van der Waals surface area (Å²) in [6.07, 6.45) is 4.91. The minimum absolute atomic E-state index is 0.407. The van der Waals surface area contributed by atoms with Crippen molar-refractivity contribution in [3.8, 4) is 10.4 Å². The van der Waals surface area contributed by atoms with Crippen LogP contribution in [0, 0.1) is 11.3 Å². The lowest BCUT2D eigenvalue weighted by Crippen LogP contribution is -2.25. The van der Waals surface area contributed by atoms with Crippen molar-refractivity contribution in [3.05, 3.63) is 23.2 Å². The zero-order valence-corrected chi connectivity index (χ0v) is 13.9. The Bertz CT molecular complexity index is 587. The molecule has 0 amide bonds. The van der Waals surface area contributed by atoms with Crippen molar-refractivity contribution < 1.29 is 4.52 Å². The molecule has 2 heterocycles. The third-order valence-corrected chi connectivity index (χ3v) is 5.74. The Hall–Kier alpha value is -1.29. The maximum Gasteiger partial charge on any atom is 0.231 e. The second kappa shape index (κ2) is 5.48. The number of anilines is 1. The van der Waals surface area contributed by atoms with Crippen molar-refractivity contribution in [2.75, 3.05) is 5.73 Å². The summed E-state index contributed by atoms with van der Waals surface area (Å²) in [5.41, 5.74) is 8.52. The Morgan fingerprint density at radius 3 is 2.52 bits per heavy atom. The average Bonchev–Trinajstić information content (AvgIpc) is 3.06. The fourth-order valence-corrected chi connectivity index (χ4v) is 4.28. The topological polar surface area (TPSA) is 52.0 Å². The summed E-state index contributed by atoms with van der Waals surface area (Å²) in [7, 11) is 0. The maximum atomic E-state index is 6.01. The van der Waals surface area contributed by atoms with Gasteiger partial charge in [0.1, 0.15) is 0 Å². The van der Waals surface area contributed by atoms with Crippen molar-refractivity contribution in [2.24, 2.45) is 11.3 Å². The molecule has 1 aliphatic rings. The summed E-state index contributed by atoms with van der Waals surface area (Å²) in [5.74, 6) is 1.76. The first kappa shape index (κ1) is 14.6. The van der Waals surface area contributed by atoms with E-state index in [4.69, 9.17) is 10.3 Å². The predicted octanol–water partition coefficient (Wildman–Crippen LogP) is 5.31. The molecule has 0 radical (unpaired) electrons. The molecule has 0 aliphatic heterocycles. The Labute approximate surface area is 130 Å². The largest absolute Gasteiger partial charge is 0.367 e. The lowest BCUT2D eigenvalue weighted by molar-refractivity contribution is 0.167. The van der Waals surface area contributed by atoms with Crippen molar-refractivity contribution in [1.82, 2.24) is 5.16 Å². The number of nitrogens with two attached hydrogens (primary N) is 1. The molecular weight excluding hydrogens is 280 g/mol. The number of nitrogens with zero attached hydrogens (tertiary/aromatic N) is 1. The van der Waals surface area contributed by atoms with Crippen LogP contribution in [0.1, 0.15) is 58.1 Å². The molecule has 3 rings (SSSR count). The molecular formula is C17H24N2OS. The van der Waals surface area contributed by atoms with Gasteiger partial charge in [0, 0.05) is 10.8 Å². The van der Waals surface area contributed by atoms with Crippen LogP contribution in [0.5, 0.6) is 0 Å². The third-order valence-electron chi connectivity index (χ3n) is 4.85. The normalized spacial score (nSPS) is 23.4. The standard InChI is InChI=1S/C17H24N2OS/c1-17(2,3)12-8-6-11(7-9-12)15-14(16(18)20-19-15)13-5-4-10-21-13/h4-5,10-12H,6-9,18H2,1-3H3. The van der Waals surface area contributed by atoms with Gasteiger partial charge in [-0.15, -0.1) is 11.3 Å². The van der Waals surface area contributed by atoms with Gasteiger partial charge >= 0.3 is 0 Å². The highest BCUT2D eigenvalue weighted by Gasteiger charge is 2.33. The summed E-state index contributed by atoms with van der Waals surface area (Å²) in [5, 5.41) is 6.36. The fraction of sp³-hybridized carbons (Fsp3) is 0.588. The molecule has 2 aromatic heterocycles. The van der Waals surface area contributed by atoms with E-state index in [9.17, 15) is 0 Å². The van der Waals surface area contributed by atoms with E-state index in [-0.39, 0.29) is 0 Å². The van der Waals surface area contributed by atoms with Crippen LogP contribution in [-0.2, 0) is 0 Å². The minimum atomic E-state index is 0.407. The van der Waals surface area contributed by atoms with Crippen molar-refractivity contribution in [3.63, 3.8) is 0 Å². The second-order valence-corrected chi connectivity index (χ2v) is 8.15. The Kier molecular flexibility index (Phi) is 3.82. The van der Waals surface area contributed by atoms with Gasteiger partial charge in [0.05, 0.1) is 11.3 Å². The molecule has 21 heavy (non-hydrogen) atoms. The van der Waals surface area contributed by atoms with E-state index in [0.29, 0.717) is 17.2 Å². The molecule has 0 bridgehead atoms. The SMILES string of the molecule is CC(C)(C)C1CCC(c2noc(N)c2-c2cccs2)CC1. The van der Waals surface area contributed by atoms with Crippen LogP contribution in [0.4, 0.5) is 5.88 Å². The van der Waals surface area contributed by atoms with Crippen molar-refractivity contribution in [1.29, 1.82) is 0 Å². The minimum Gasteiger partial charge on any atom is -0.367 e. The number of aromatic nitrogens is 1. The molecule has 0 atom stereocenters. The van der Waals surface area contributed by atoms with E-state index in [1.165, 1.54) is 30.6 Å². The first-order chi connectivity index (χ1) is 9.97. The molecule has 0 aromatic carbocycles. The smallest absolute Gasteiger partial charge is 0.231 e. The zero-order valence-electron chi connectivity index (χ0n) is 13.1. The predicted molar refractivity (Wildman–Crippen MR) is 88.4 cm³/mol. The molecule has 3 nitrogen and oxygen atoms in total. The molecule has 4 heteroatoms. The molecule has 114 valence electrons. The van der Waals surface area contributed by atoms with Gasteiger partial charge in [0.25, 0.3) is 0 Å². The number of hydrogen-bond donors (Lipinski definition) is 1. The highest BCUT2D eigenvalue weighted by Crippen LogP contribution is 2.46. The first-order valence-electron chi connectivity index (χ1n) is 7.75. The van der Waals surface area contributed by atoms with Gasteiger partial charge in [-0.3, -0.25) is 0 Å². The zero-order chi connectivity index (χ0) is 15.0. The van der Waals surface area contributed by atoms with Crippen LogP contribution in [0.25, 0.3) is 10.4 Å². The molecule has 0 unspecified atom stereocenters. The molecule has 0 spiro atoms. The summed E-state index contributed by atoms with van der Waals surface area (Å²) in [6, 6.07) is 4.14. The highest BCUT2D eigenvalue weighted by molar-refractivity contribution is 7.13. The molecule has 1 saturated carbocycles. The monoisotopic (exact) mass is 304 g/mol. The van der Waals surface area contributed by atoms with E-state index in [0.717, 1.165) is 17.2 Å². The van der Waals surface area contributed by atoms with E-state index >= 15 is 0 Å². The van der Waals surface area contributed by atoms with Crippen LogP contribution in [0.2, 0.25) is 0 Å². The summed E-state index contributed by atoms with van der Waals surface area (Å²) < 4.78 is 5.30. The van der Waals surface area contributed by atoms with Crippen LogP contribution >= 0.6 is 11.3 Å². The van der Waals surface area contributed by atoms with Crippen LogP contribution < -0.4 is 5.73 Å². The van der Waals surface area contributed by atoms with Gasteiger partial charge in [0.2, 0.25) is 5.88 Å². The van der Waals surface area contributed by atoms with Crippen LogP contribution in [0.3, 0.4) is 0 Å². The summed E-state index contributed by atoms with van der Waals surface area (Å²) in [4.78, 5) is 1.17. The van der Waals surface area contributed by atoms with E-state index in [2.05, 4.69) is 37.4 Å². The van der Waals surface area contributed by atoms with E-state index in [1.54, 1.807) is 11.3 Å². The van der Waals surface area contributed by atoms with Gasteiger partial charge in [-0.2, -0.15) is 0 Å². The molecule has 1 aliphatic carbocycles. The second-order valence-electron chi connectivity index (χ2n) is 7.20. The number of nitrogen functional groups attached to an aromatic ring is 1. The van der Waals surface area contributed by atoms with E-state index < -0.39 is 0 Å². The molecule has 2 N–H and O–H groups in total.